The number of carbonyl (C=O) groups excluding carboxylic acids is 2. The van der Waals surface area contributed by atoms with Gasteiger partial charge < -0.3 is 9.73 Å². The summed E-state index contributed by atoms with van der Waals surface area (Å²) in [5.41, 5.74) is 1.55. The molecule has 4 heteroatoms. The number of para-hydroxylation sites is 1. The van der Waals surface area contributed by atoms with Gasteiger partial charge in [0.1, 0.15) is 5.76 Å². The Morgan fingerprint density at radius 3 is 2.48 bits per heavy atom. The van der Waals surface area contributed by atoms with Crippen molar-refractivity contribution in [2.45, 2.75) is 27.2 Å². The molecule has 0 bridgehead atoms. The number of ketones is 1. The van der Waals surface area contributed by atoms with E-state index in [1.165, 1.54) is 6.26 Å². The molecular formula is C17H19NO3. The van der Waals surface area contributed by atoms with Gasteiger partial charge in [0.25, 0.3) is 5.91 Å². The maximum atomic E-state index is 12.2. The van der Waals surface area contributed by atoms with Crippen LogP contribution < -0.4 is 5.32 Å². The van der Waals surface area contributed by atoms with Crippen LogP contribution in [0.2, 0.25) is 0 Å². The van der Waals surface area contributed by atoms with E-state index in [0.29, 0.717) is 29.0 Å². The summed E-state index contributed by atoms with van der Waals surface area (Å²) in [6.07, 6.45) is 1.93. The monoisotopic (exact) mass is 285 g/mol. The summed E-state index contributed by atoms with van der Waals surface area (Å²) in [6.45, 7) is 5.71. The zero-order chi connectivity index (χ0) is 15.4. The van der Waals surface area contributed by atoms with Gasteiger partial charge in [-0.05, 0) is 31.0 Å². The molecule has 110 valence electrons. The number of aryl methyl sites for hydroxylation is 1. The van der Waals surface area contributed by atoms with Crippen molar-refractivity contribution < 1.29 is 14.0 Å². The van der Waals surface area contributed by atoms with E-state index in [-0.39, 0.29) is 17.6 Å². The zero-order valence-electron chi connectivity index (χ0n) is 12.5. The Hall–Kier alpha value is -2.36. The van der Waals surface area contributed by atoms with E-state index in [2.05, 4.69) is 5.32 Å². The van der Waals surface area contributed by atoms with Crippen molar-refractivity contribution >= 4 is 17.4 Å². The van der Waals surface area contributed by atoms with Crippen LogP contribution in [-0.2, 0) is 0 Å². The molecule has 0 spiro atoms. The van der Waals surface area contributed by atoms with E-state index in [1.54, 1.807) is 37.3 Å². The molecule has 1 aromatic carbocycles. The van der Waals surface area contributed by atoms with Gasteiger partial charge in [0.05, 0.1) is 17.5 Å². The van der Waals surface area contributed by atoms with E-state index in [0.717, 1.165) is 0 Å². The molecule has 4 nitrogen and oxygen atoms in total. The van der Waals surface area contributed by atoms with Crippen molar-refractivity contribution in [2.24, 2.45) is 5.92 Å². The second-order valence-electron chi connectivity index (χ2n) is 5.41. The SMILES string of the molecule is Cc1occc1C(=O)Nc1ccccc1C(=O)CC(C)C. The number of anilines is 1. The van der Waals surface area contributed by atoms with Crippen molar-refractivity contribution in [1.82, 2.24) is 0 Å². The molecule has 2 aromatic rings. The minimum atomic E-state index is -0.272. The largest absolute Gasteiger partial charge is 0.469 e. The van der Waals surface area contributed by atoms with E-state index in [4.69, 9.17) is 4.42 Å². The highest BCUT2D eigenvalue weighted by Gasteiger charge is 2.16. The lowest BCUT2D eigenvalue weighted by atomic mass is 10.00. The number of nitrogens with one attached hydrogen (secondary N) is 1. The van der Waals surface area contributed by atoms with Gasteiger partial charge in [-0.2, -0.15) is 0 Å². The van der Waals surface area contributed by atoms with Crippen molar-refractivity contribution in [3.8, 4) is 0 Å². The lowest BCUT2D eigenvalue weighted by Gasteiger charge is -2.11. The number of rotatable bonds is 5. The van der Waals surface area contributed by atoms with Crippen LogP contribution in [-0.4, -0.2) is 11.7 Å². The number of benzene rings is 1. The van der Waals surface area contributed by atoms with Gasteiger partial charge in [0.2, 0.25) is 0 Å². The van der Waals surface area contributed by atoms with E-state index in [1.807, 2.05) is 13.8 Å². The zero-order valence-corrected chi connectivity index (χ0v) is 12.5. The first-order valence-corrected chi connectivity index (χ1v) is 6.96. The van der Waals surface area contributed by atoms with E-state index in [9.17, 15) is 9.59 Å². The predicted octanol–water partition coefficient (Wildman–Crippen LogP) is 4.07. The highest BCUT2D eigenvalue weighted by atomic mass is 16.3. The first-order chi connectivity index (χ1) is 9.99. The summed E-state index contributed by atoms with van der Waals surface area (Å²) < 4.78 is 5.13. The highest BCUT2D eigenvalue weighted by Crippen LogP contribution is 2.20. The fourth-order valence-electron chi connectivity index (χ4n) is 2.13. The fraction of sp³-hybridized carbons (Fsp3) is 0.294. The maximum absolute atomic E-state index is 12.2. The summed E-state index contributed by atoms with van der Waals surface area (Å²) in [4.78, 5) is 24.5. The molecule has 0 saturated carbocycles. The fourth-order valence-corrected chi connectivity index (χ4v) is 2.13. The van der Waals surface area contributed by atoms with Gasteiger partial charge in [0, 0.05) is 12.0 Å². The third kappa shape index (κ3) is 3.60. The predicted molar refractivity (Wildman–Crippen MR) is 81.6 cm³/mol. The molecule has 1 N–H and O–H groups in total. The van der Waals surface area contributed by atoms with Gasteiger partial charge in [-0.3, -0.25) is 9.59 Å². The Morgan fingerprint density at radius 2 is 1.86 bits per heavy atom. The van der Waals surface area contributed by atoms with Gasteiger partial charge in [0.15, 0.2) is 5.78 Å². The molecular weight excluding hydrogens is 266 g/mol. The van der Waals surface area contributed by atoms with Crippen LogP contribution in [0, 0.1) is 12.8 Å². The van der Waals surface area contributed by atoms with Crippen molar-refractivity contribution in [2.75, 3.05) is 5.32 Å². The number of Topliss-reactive ketones (excluding diaryl/α,β-unsaturated/α-hetero) is 1. The molecule has 0 aliphatic carbocycles. The van der Waals surface area contributed by atoms with Crippen molar-refractivity contribution in [1.29, 1.82) is 0 Å². The average Bonchev–Trinajstić information content (AvgIpc) is 2.84. The van der Waals surface area contributed by atoms with Crippen molar-refractivity contribution in [3.63, 3.8) is 0 Å². The molecule has 21 heavy (non-hydrogen) atoms. The van der Waals surface area contributed by atoms with Crippen LogP contribution in [0.1, 0.15) is 46.7 Å². The number of carbonyl (C=O) groups is 2. The quantitative estimate of drug-likeness (QED) is 0.842. The molecule has 0 radical (unpaired) electrons. The Labute approximate surface area is 124 Å². The normalized spacial score (nSPS) is 10.7. The van der Waals surface area contributed by atoms with Crippen LogP contribution in [0.3, 0.4) is 0 Å². The van der Waals surface area contributed by atoms with Gasteiger partial charge >= 0.3 is 0 Å². The van der Waals surface area contributed by atoms with Gasteiger partial charge in [-0.1, -0.05) is 26.0 Å². The second kappa shape index (κ2) is 6.39. The van der Waals surface area contributed by atoms with Crippen LogP contribution in [0.15, 0.2) is 41.0 Å². The molecule has 0 saturated heterocycles. The Morgan fingerprint density at radius 1 is 1.14 bits per heavy atom. The smallest absolute Gasteiger partial charge is 0.259 e. The van der Waals surface area contributed by atoms with Crippen LogP contribution in [0.4, 0.5) is 5.69 Å². The number of amides is 1. The van der Waals surface area contributed by atoms with Crippen LogP contribution in [0.5, 0.6) is 0 Å². The summed E-state index contributed by atoms with van der Waals surface area (Å²) >= 11 is 0. The summed E-state index contributed by atoms with van der Waals surface area (Å²) in [7, 11) is 0. The molecule has 1 aromatic heterocycles. The van der Waals surface area contributed by atoms with Crippen molar-refractivity contribution in [3.05, 3.63) is 53.5 Å². The first kappa shape index (κ1) is 15.0. The molecule has 0 fully saturated rings. The number of hydrogen-bond donors (Lipinski definition) is 1. The molecule has 0 aliphatic heterocycles. The summed E-state index contributed by atoms with van der Waals surface area (Å²) in [5, 5.41) is 2.79. The summed E-state index contributed by atoms with van der Waals surface area (Å²) in [6, 6.07) is 8.68. The molecule has 2 rings (SSSR count). The number of hydrogen-bond acceptors (Lipinski definition) is 3. The second-order valence-corrected chi connectivity index (χ2v) is 5.41. The van der Waals surface area contributed by atoms with E-state index < -0.39 is 0 Å². The first-order valence-electron chi connectivity index (χ1n) is 6.96. The maximum Gasteiger partial charge on any atom is 0.259 e. The standard InChI is InChI=1S/C17H19NO3/c1-11(2)10-16(19)14-6-4-5-7-15(14)18-17(20)13-8-9-21-12(13)3/h4-9,11H,10H2,1-3H3,(H,18,20). The minimum Gasteiger partial charge on any atom is -0.469 e. The minimum absolute atomic E-state index is 0.0322. The Bertz CT molecular complexity index is 656. The molecule has 0 aliphatic rings. The Balaban J connectivity index is 2.23. The molecule has 0 atom stereocenters. The lowest BCUT2D eigenvalue weighted by molar-refractivity contribution is 0.0968. The average molecular weight is 285 g/mol. The third-order valence-corrected chi connectivity index (χ3v) is 3.17. The Kier molecular flexibility index (Phi) is 4.58. The molecule has 1 heterocycles. The topological polar surface area (TPSA) is 59.3 Å². The lowest BCUT2D eigenvalue weighted by Crippen LogP contribution is -2.15. The molecule has 0 unspecified atom stereocenters. The highest BCUT2D eigenvalue weighted by molar-refractivity contribution is 6.09. The van der Waals surface area contributed by atoms with Gasteiger partial charge in [-0.15, -0.1) is 0 Å². The van der Waals surface area contributed by atoms with E-state index >= 15 is 0 Å². The van der Waals surface area contributed by atoms with Crippen LogP contribution >= 0.6 is 0 Å². The number of furan rings is 1. The van der Waals surface area contributed by atoms with Gasteiger partial charge in [-0.25, -0.2) is 0 Å². The van der Waals surface area contributed by atoms with Crippen LogP contribution in [0.25, 0.3) is 0 Å². The summed E-state index contributed by atoms with van der Waals surface area (Å²) in [5.74, 6) is 0.590. The molecule has 1 amide bonds. The third-order valence-electron chi connectivity index (χ3n) is 3.17.